The fraction of sp³-hybridized carbons (Fsp3) is 0.417. The molecule has 2 heterocycles. The molecule has 0 spiro atoms. The number of carbonyl (C=O) groups is 1. The van der Waals surface area contributed by atoms with Crippen LogP contribution in [0.1, 0.15) is 30.1 Å². The van der Waals surface area contributed by atoms with Crippen LogP contribution in [0.25, 0.3) is 11.0 Å². The van der Waals surface area contributed by atoms with E-state index in [9.17, 15) is 4.79 Å². The molecule has 0 aromatic carbocycles. The Kier molecular flexibility index (Phi) is 3.66. The Morgan fingerprint density at radius 2 is 2.32 bits per heavy atom. The average Bonchev–Trinajstić information content (AvgIpc) is 2.80. The Labute approximate surface area is 109 Å². The van der Waals surface area contributed by atoms with Crippen LogP contribution in [0.2, 0.25) is 0 Å². The van der Waals surface area contributed by atoms with E-state index in [1.54, 1.807) is 6.20 Å². The first-order valence-electron chi connectivity index (χ1n) is 5.90. The molecule has 4 N–H and O–H groups in total. The molecule has 7 nitrogen and oxygen atoms in total. The highest BCUT2D eigenvalue weighted by Crippen LogP contribution is 2.27. The number of aliphatic carboxylic acids is 1. The summed E-state index contributed by atoms with van der Waals surface area (Å²) in [5.41, 5.74) is 8.25. The molecule has 0 fully saturated rings. The van der Waals surface area contributed by atoms with Gasteiger partial charge in [-0.3, -0.25) is 4.79 Å². The second-order valence-electron chi connectivity index (χ2n) is 4.30. The molecule has 0 aliphatic carbocycles. The molecule has 0 saturated carbocycles. The lowest BCUT2D eigenvalue weighted by Gasteiger charge is -2.10. The molecule has 0 aliphatic heterocycles. The predicted octanol–water partition coefficient (Wildman–Crippen LogP) is 1.14. The minimum Gasteiger partial charge on any atom is -0.481 e. The lowest BCUT2D eigenvalue weighted by molar-refractivity contribution is -0.137. The molecule has 1 atom stereocenters. The first-order valence-corrected chi connectivity index (χ1v) is 5.90. The Morgan fingerprint density at radius 3 is 2.95 bits per heavy atom. The van der Waals surface area contributed by atoms with Gasteiger partial charge in [-0.15, -0.1) is 0 Å². The molecule has 0 bridgehead atoms. The van der Waals surface area contributed by atoms with Crippen LogP contribution in [-0.4, -0.2) is 33.1 Å². The number of nitrogens with two attached hydrogens (primary N) is 1. The molecule has 7 heteroatoms. The molecule has 0 amide bonds. The van der Waals surface area contributed by atoms with Crippen LogP contribution in [0.3, 0.4) is 0 Å². The summed E-state index contributed by atoms with van der Waals surface area (Å²) < 4.78 is 5.00. The lowest BCUT2D eigenvalue weighted by Crippen LogP contribution is -2.12. The van der Waals surface area contributed by atoms with Crippen molar-refractivity contribution < 1.29 is 14.6 Å². The molecular formula is C12H16N4O3. The highest BCUT2D eigenvalue weighted by atomic mass is 16.5. The average molecular weight is 264 g/mol. The van der Waals surface area contributed by atoms with Gasteiger partial charge in [-0.25, -0.2) is 0 Å². The summed E-state index contributed by atoms with van der Waals surface area (Å²) in [5.74, 6) is -0.857. The topological polar surface area (TPSA) is 114 Å². The minimum absolute atomic E-state index is 0.0316. The molecule has 102 valence electrons. The number of ether oxygens (including phenoxy) is 1. The van der Waals surface area contributed by atoms with Crippen LogP contribution < -0.4 is 10.5 Å². The Hall–Kier alpha value is -2.15. The normalized spacial score (nSPS) is 12.6. The summed E-state index contributed by atoms with van der Waals surface area (Å²) in [6, 6.07) is -0.0712. The first-order chi connectivity index (χ1) is 9.02. The van der Waals surface area contributed by atoms with Crippen molar-refractivity contribution in [1.29, 1.82) is 0 Å². The van der Waals surface area contributed by atoms with Gasteiger partial charge in [0.05, 0.1) is 12.8 Å². The molecule has 2 rings (SSSR count). The number of aromatic nitrogens is 3. The van der Waals surface area contributed by atoms with Crippen LogP contribution >= 0.6 is 0 Å². The van der Waals surface area contributed by atoms with Gasteiger partial charge in [-0.1, -0.05) is 0 Å². The van der Waals surface area contributed by atoms with Crippen LogP contribution in [-0.2, 0) is 4.79 Å². The van der Waals surface area contributed by atoms with Gasteiger partial charge in [0.15, 0.2) is 0 Å². The van der Waals surface area contributed by atoms with Gasteiger partial charge in [0.25, 0.3) is 0 Å². The number of methoxy groups -OCH3 is 1. The van der Waals surface area contributed by atoms with Crippen molar-refractivity contribution in [3.8, 4) is 6.01 Å². The third kappa shape index (κ3) is 2.65. The third-order valence-corrected chi connectivity index (χ3v) is 2.97. The standard InChI is InChI=1S/C12H16N4O3/c1-6-10-7(8(13)3-4-9(17)18)5-14-11(10)16-12(15-6)19-2/h5,8H,3-4,13H2,1-2H3,(H,17,18)(H,14,15,16). The second kappa shape index (κ2) is 5.23. The number of fused-ring (bicyclic) bond motifs is 1. The summed E-state index contributed by atoms with van der Waals surface area (Å²) >= 11 is 0. The van der Waals surface area contributed by atoms with E-state index in [0.717, 1.165) is 16.6 Å². The zero-order valence-corrected chi connectivity index (χ0v) is 10.8. The van der Waals surface area contributed by atoms with Gasteiger partial charge in [0.1, 0.15) is 5.65 Å². The SMILES string of the molecule is COc1nc(C)c2c(C(N)CCC(=O)O)c[nH]c2n1. The van der Waals surface area contributed by atoms with Crippen LogP contribution in [0.5, 0.6) is 6.01 Å². The maximum Gasteiger partial charge on any atom is 0.318 e. The van der Waals surface area contributed by atoms with Crippen molar-refractivity contribution >= 4 is 17.0 Å². The maximum absolute atomic E-state index is 10.6. The zero-order valence-electron chi connectivity index (χ0n) is 10.8. The largest absolute Gasteiger partial charge is 0.481 e. The fourth-order valence-corrected chi connectivity index (χ4v) is 2.03. The number of rotatable bonds is 5. The van der Waals surface area contributed by atoms with Gasteiger partial charge in [0.2, 0.25) is 0 Å². The van der Waals surface area contributed by atoms with Crippen LogP contribution in [0, 0.1) is 6.92 Å². The molecule has 19 heavy (non-hydrogen) atoms. The third-order valence-electron chi connectivity index (χ3n) is 2.97. The number of hydrogen-bond donors (Lipinski definition) is 3. The van der Waals surface area contributed by atoms with E-state index in [0.29, 0.717) is 12.1 Å². The van der Waals surface area contributed by atoms with E-state index in [-0.39, 0.29) is 18.5 Å². The number of carboxylic acid groups (broad SMARTS) is 1. The van der Waals surface area contributed by atoms with Crippen molar-refractivity contribution in [3.05, 3.63) is 17.5 Å². The van der Waals surface area contributed by atoms with Gasteiger partial charge in [-0.05, 0) is 18.9 Å². The smallest absolute Gasteiger partial charge is 0.318 e. The van der Waals surface area contributed by atoms with Crippen molar-refractivity contribution in [2.45, 2.75) is 25.8 Å². The number of aryl methyl sites for hydroxylation is 1. The highest BCUT2D eigenvalue weighted by molar-refractivity contribution is 5.83. The van der Waals surface area contributed by atoms with Crippen molar-refractivity contribution in [2.75, 3.05) is 7.11 Å². The van der Waals surface area contributed by atoms with Gasteiger partial charge >= 0.3 is 12.0 Å². The monoisotopic (exact) mass is 264 g/mol. The van der Waals surface area contributed by atoms with E-state index in [4.69, 9.17) is 15.6 Å². The predicted molar refractivity (Wildman–Crippen MR) is 69.0 cm³/mol. The number of carboxylic acids is 1. The van der Waals surface area contributed by atoms with E-state index < -0.39 is 5.97 Å². The molecule has 0 saturated heterocycles. The second-order valence-corrected chi connectivity index (χ2v) is 4.30. The number of hydrogen-bond acceptors (Lipinski definition) is 5. The van der Waals surface area contributed by atoms with Crippen molar-refractivity contribution in [1.82, 2.24) is 15.0 Å². The lowest BCUT2D eigenvalue weighted by atomic mass is 10.0. The maximum atomic E-state index is 10.6. The number of nitrogens with zero attached hydrogens (tertiary/aromatic N) is 2. The van der Waals surface area contributed by atoms with Crippen LogP contribution in [0.15, 0.2) is 6.20 Å². The molecule has 2 aromatic rings. The highest BCUT2D eigenvalue weighted by Gasteiger charge is 2.17. The van der Waals surface area contributed by atoms with E-state index in [2.05, 4.69) is 15.0 Å². The van der Waals surface area contributed by atoms with Gasteiger partial charge in [-0.2, -0.15) is 9.97 Å². The van der Waals surface area contributed by atoms with Crippen LogP contribution in [0.4, 0.5) is 0 Å². The molecule has 0 radical (unpaired) electrons. The molecule has 0 aliphatic rings. The molecule has 1 unspecified atom stereocenters. The van der Waals surface area contributed by atoms with E-state index >= 15 is 0 Å². The first kappa shape index (κ1) is 13.3. The summed E-state index contributed by atoms with van der Waals surface area (Å²) in [4.78, 5) is 22.0. The summed E-state index contributed by atoms with van der Waals surface area (Å²) in [6.45, 7) is 1.84. The molecular weight excluding hydrogens is 248 g/mol. The van der Waals surface area contributed by atoms with Gasteiger partial charge in [0, 0.05) is 24.0 Å². The van der Waals surface area contributed by atoms with Crippen molar-refractivity contribution in [3.63, 3.8) is 0 Å². The van der Waals surface area contributed by atoms with E-state index in [1.807, 2.05) is 6.92 Å². The summed E-state index contributed by atoms with van der Waals surface area (Å²) in [6.07, 6.45) is 2.15. The number of nitrogens with one attached hydrogen (secondary N) is 1. The quantitative estimate of drug-likeness (QED) is 0.746. The van der Waals surface area contributed by atoms with E-state index in [1.165, 1.54) is 7.11 Å². The Morgan fingerprint density at radius 1 is 1.58 bits per heavy atom. The van der Waals surface area contributed by atoms with Gasteiger partial charge < -0.3 is 20.6 Å². The summed E-state index contributed by atoms with van der Waals surface area (Å²) in [7, 11) is 1.50. The fourth-order valence-electron chi connectivity index (χ4n) is 2.03. The number of aromatic amines is 1. The molecule has 2 aromatic heterocycles. The number of H-pyrrole nitrogens is 1. The minimum atomic E-state index is -0.857. The Bertz CT molecular complexity index is 608. The zero-order chi connectivity index (χ0) is 14.0. The Balaban J connectivity index is 2.36. The van der Waals surface area contributed by atoms with Crippen molar-refractivity contribution in [2.24, 2.45) is 5.73 Å². The summed E-state index contributed by atoms with van der Waals surface area (Å²) in [5, 5.41) is 9.52.